The summed E-state index contributed by atoms with van der Waals surface area (Å²) in [5, 5.41) is 12.8. The van der Waals surface area contributed by atoms with E-state index in [0.717, 1.165) is 12.5 Å². The van der Waals surface area contributed by atoms with Crippen molar-refractivity contribution >= 4 is 0 Å². The van der Waals surface area contributed by atoms with Gasteiger partial charge in [0.25, 0.3) is 0 Å². The normalized spacial score (nSPS) is 24.2. The first kappa shape index (κ1) is 12.3. The zero-order valence-electron chi connectivity index (χ0n) is 10.5. The minimum Gasteiger partial charge on any atom is -0.395 e. The maximum absolute atomic E-state index is 9.32. The topological polar surface area (TPSA) is 35.5 Å². The zero-order valence-corrected chi connectivity index (χ0v) is 10.5. The number of likely N-dealkylation sites (N-methyl/N-ethyl adjacent to an activating group) is 1. The summed E-state index contributed by atoms with van der Waals surface area (Å²) in [6, 6.07) is 0.968. The van der Waals surface area contributed by atoms with E-state index in [1.807, 2.05) is 0 Å². The van der Waals surface area contributed by atoms with Crippen LogP contribution in [-0.2, 0) is 0 Å². The summed E-state index contributed by atoms with van der Waals surface area (Å²) in [4.78, 5) is 2.40. The Morgan fingerprint density at radius 3 is 2.50 bits per heavy atom. The Balaban J connectivity index is 1.64. The standard InChI is InChI=1S/C13H26N2O/c1-15(8-11-4-2-3-5-11)9-13(10-16)14-12-6-7-12/h11-14,16H,2-10H2,1H3. The van der Waals surface area contributed by atoms with E-state index in [1.165, 1.54) is 45.1 Å². The van der Waals surface area contributed by atoms with Crippen molar-refractivity contribution in [3.63, 3.8) is 0 Å². The van der Waals surface area contributed by atoms with Gasteiger partial charge in [0.1, 0.15) is 0 Å². The van der Waals surface area contributed by atoms with Crippen molar-refractivity contribution in [1.29, 1.82) is 0 Å². The third-order valence-electron chi connectivity index (χ3n) is 3.85. The minimum absolute atomic E-state index is 0.269. The van der Waals surface area contributed by atoms with Crippen LogP contribution in [0, 0.1) is 5.92 Å². The lowest BCUT2D eigenvalue weighted by atomic mass is 10.1. The van der Waals surface area contributed by atoms with Crippen molar-refractivity contribution in [3.05, 3.63) is 0 Å². The third-order valence-corrected chi connectivity index (χ3v) is 3.85. The molecule has 0 radical (unpaired) electrons. The zero-order chi connectivity index (χ0) is 11.4. The Kier molecular flexibility index (Phi) is 4.62. The fourth-order valence-corrected chi connectivity index (χ4v) is 2.83. The van der Waals surface area contributed by atoms with Gasteiger partial charge in [-0.3, -0.25) is 0 Å². The number of aliphatic hydroxyl groups is 1. The third kappa shape index (κ3) is 4.04. The summed E-state index contributed by atoms with van der Waals surface area (Å²) >= 11 is 0. The molecule has 0 aromatic heterocycles. The average molecular weight is 226 g/mol. The Labute approximate surface area is 99.2 Å². The molecule has 2 N–H and O–H groups in total. The van der Waals surface area contributed by atoms with Gasteiger partial charge in [0.2, 0.25) is 0 Å². The van der Waals surface area contributed by atoms with Crippen molar-refractivity contribution in [1.82, 2.24) is 10.2 Å². The molecular weight excluding hydrogens is 200 g/mol. The Morgan fingerprint density at radius 1 is 1.25 bits per heavy atom. The summed E-state index contributed by atoms with van der Waals surface area (Å²) in [6.45, 7) is 2.47. The van der Waals surface area contributed by atoms with Gasteiger partial charge in [-0.1, -0.05) is 12.8 Å². The molecule has 1 atom stereocenters. The largest absolute Gasteiger partial charge is 0.395 e. The monoisotopic (exact) mass is 226 g/mol. The van der Waals surface area contributed by atoms with E-state index in [1.54, 1.807) is 0 Å². The number of nitrogens with zero attached hydrogens (tertiary/aromatic N) is 1. The molecule has 0 amide bonds. The number of hydrogen-bond donors (Lipinski definition) is 2. The van der Waals surface area contributed by atoms with E-state index in [0.29, 0.717) is 6.04 Å². The predicted octanol–water partition coefficient (Wildman–Crippen LogP) is 1.22. The first-order chi connectivity index (χ1) is 7.78. The van der Waals surface area contributed by atoms with Gasteiger partial charge in [-0.15, -0.1) is 0 Å². The van der Waals surface area contributed by atoms with Gasteiger partial charge in [0, 0.05) is 25.2 Å². The van der Waals surface area contributed by atoms with Gasteiger partial charge in [0.15, 0.2) is 0 Å². The lowest BCUT2D eigenvalue weighted by Gasteiger charge is -2.25. The number of aliphatic hydroxyl groups excluding tert-OH is 1. The molecule has 2 fully saturated rings. The SMILES string of the molecule is CN(CC1CCCC1)CC(CO)NC1CC1. The molecule has 2 aliphatic carbocycles. The van der Waals surface area contributed by atoms with Crippen LogP contribution in [0.1, 0.15) is 38.5 Å². The second-order valence-corrected chi connectivity index (χ2v) is 5.69. The van der Waals surface area contributed by atoms with E-state index in [2.05, 4.69) is 17.3 Å². The summed E-state index contributed by atoms with van der Waals surface area (Å²) < 4.78 is 0. The van der Waals surface area contributed by atoms with Crippen LogP contribution in [0.2, 0.25) is 0 Å². The maximum atomic E-state index is 9.32. The van der Waals surface area contributed by atoms with Gasteiger partial charge in [-0.05, 0) is 38.6 Å². The second-order valence-electron chi connectivity index (χ2n) is 5.69. The fourth-order valence-electron chi connectivity index (χ4n) is 2.83. The summed E-state index contributed by atoms with van der Waals surface area (Å²) in [6.07, 6.45) is 8.24. The molecular formula is C13H26N2O. The molecule has 0 aliphatic heterocycles. The molecule has 2 saturated carbocycles. The molecule has 2 aliphatic rings. The molecule has 2 rings (SSSR count). The summed E-state index contributed by atoms with van der Waals surface area (Å²) in [7, 11) is 2.19. The smallest absolute Gasteiger partial charge is 0.0597 e. The molecule has 3 nitrogen and oxygen atoms in total. The van der Waals surface area contributed by atoms with Crippen LogP contribution < -0.4 is 5.32 Å². The number of rotatable bonds is 7. The molecule has 0 bridgehead atoms. The Morgan fingerprint density at radius 2 is 1.94 bits per heavy atom. The van der Waals surface area contributed by atoms with E-state index in [9.17, 15) is 5.11 Å². The highest BCUT2D eigenvalue weighted by atomic mass is 16.3. The summed E-state index contributed by atoms with van der Waals surface area (Å²) in [5.41, 5.74) is 0. The lowest BCUT2D eigenvalue weighted by Crippen LogP contribution is -2.44. The molecule has 0 saturated heterocycles. The van der Waals surface area contributed by atoms with Gasteiger partial charge in [-0.25, -0.2) is 0 Å². The van der Waals surface area contributed by atoms with E-state index in [4.69, 9.17) is 0 Å². The molecule has 94 valence electrons. The van der Waals surface area contributed by atoms with Crippen LogP contribution >= 0.6 is 0 Å². The highest BCUT2D eigenvalue weighted by molar-refractivity contribution is 4.86. The Bertz CT molecular complexity index is 200. The maximum Gasteiger partial charge on any atom is 0.0597 e. The van der Waals surface area contributed by atoms with Crippen LogP contribution in [0.3, 0.4) is 0 Å². The van der Waals surface area contributed by atoms with Crippen LogP contribution in [-0.4, -0.2) is 48.8 Å². The number of nitrogens with one attached hydrogen (secondary N) is 1. The molecule has 3 heteroatoms. The molecule has 16 heavy (non-hydrogen) atoms. The summed E-state index contributed by atoms with van der Waals surface area (Å²) in [5.74, 6) is 0.908. The minimum atomic E-state index is 0.269. The van der Waals surface area contributed by atoms with Gasteiger partial charge in [-0.2, -0.15) is 0 Å². The van der Waals surface area contributed by atoms with Crippen LogP contribution in [0.15, 0.2) is 0 Å². The van der Waals surface area contributed by atoms with E-state index < -0.39 is 0 Å². The Hall–Kier alpha value is -0.120. The number of hydrogen-bond acceptors (Lipinski definition) is 3. The first-order valence-corrected chi connectivity index (χ1v) is 6.83. The van der Waals surface area contributed by atoms with Crippen molar-refractivity contribution in [2.24, 2.45) is 5.92 Å². The van der Waals surface area contributed by atoms with Crippen molar-refractivity contribution in [2.75, 3.05) is 26.7 Å². The molecule has 0 spiro atoms. The van der Waals surface area contributed by atoms with Crippen LogP contribution in [0.4, 0.5) is 0 Å². The first-order valence-electron chi connectivity index (χ1n) is 6.83. The molecule has 0 aromatic carbocycles. The quantitative estimate of drug-likeness (QED) is 0.685. The van der Waals surface area contributed by atoms with Crippen LogP contribution in [0.5, 0.6) is 0 Å². The second kappa shape index (κ2) is 5.99. The van der Waals surface area contributed by atoms with Gasteiger partial charge >= 0.3 is 0 Å². The van der Waals surface area contributed by atoms with Crippen molar-refractivity contribution in [2.45, 2.75) is 50.6 Å². The van der Waals surface area contributed by atoms with E-state index in [-0.39, 0.29) is 12.6 Å². The molecule has 0 heterocycles. The molecule has 0 aromatic rings. The van der Waals surface area contributed by atoms with Crippen LogP contribution in [0.25, 0.3) is 0 Å². The van der Waals surface area contributed by atoms with Gasteiger partial charge in [0.05, 0.1) is 6.61 Å². The average Bonchev–Trinajstić information content (AvgIpc) is 2.93. The van der Waals surface area contributed by atoms with Crippen molar-refractivity contribution < 1.29 is 5.11 Å². The van der Waals surface area contributed by atoms with E-state index >= 15 is 0 Å². The molecule has 1 unspecified atom stereocenters. The predicted molar refractivity (Wildman–Crippen MR) is 66.5 cm³/mol. The van der Waals surface area contributed by atoms with Gasteiger partial charge < -0.3 is 15.3 Å². The highest BCUT2D eigenvalue weighted by Crippen LogP contribution is 2.25. The lowest BCUT2D eigenvalue weighted by molar-refractivity contribution is 0.185. The highest BCUT2D eigenvalue weighted by Gasteiger charge is 2.25. The fraction of sp³-hybridized carbons (Fsp3) is 1.00. The van der Waals surface area contributed by atoms with Crippen molar-refractivity contribution in [3.8, 4) is 0 Å².